The molecule has 97 heavy (non-hydrogen) atoms. The van der Waals surface area contributed by atoms with Crippen molar-refractivity contribution in [3.63, 3.8) is 0 Å². The fourth-order valence-corrected chi connectivity index (χ4v) is 9.39. The zero-order chi connectivity index (χ0) is 73.5. The Kier molecular flexibility index (Phi) is 41.8. The molecular weight excluding hydrogens is 1290 g/mol. The van der Waals surface area contributed by atoms with E-state index >= 15 is 0 Å². The molecule has 0 heterocycles. The summed E-state index contributed by atoms with van der Waals surface area (Å²) in [6.07, 6.45) is -0.707. The molecule has 8 aromatic carbocycles. The number of carbonyl (C=O) groups is 4. The van der Waals surface area contributed by atoms with Crippen LogP contribution in [0.1, 0.15) is 180 Å². The number of Topliss-reactive ketones (excluding diaryl/α,β-unsaturated/α-hetero) is 4. The van der Waals surface area contributed by atoms with E-state index in [-0.39, 0.29) is 58.4 Å². The zero-order valence-electron chi connectivity index (χ0n) is 59.4. The van der Waals surface area contributed by atoms with Gasteiger partial charge in [-0.1, -0.05) is 249 Å². The fraction of sp³-hybridized carbons (Fsp3) is 0.361. The second kappa shape index (κ2) is 46.5. The van der Waals surface area contributed by atoms with Gasteiger partial charge in [0.25, 0.3) is 0 Å². The predicted molar refractivity (Wildman–Crippen MR) is 395 cm³/mol. The SMILES string of the molecule is CC(C)C(=O)c1ccc(Cl)cc1.CC(C)C(=O)c1cccc(Cl)c1.CC(C)C(=O)c1ccccc1.CC(C)C(=O)c1ccccc1Cl.CC(C)Cc1cccc(C(F)(F)F)c1.CC(C)Cc1cccc(F)c1.COc1cccc(CC(C)C)c1.[C-]#[N+]c1ccc(F)cc1CC(C)C. The second-order valence-corrected chi connectivity index (χ2v) is 27.2. The van der Waals surface area contributed by atoms with Crippen molar-refractivity contribution in [2.24, 2.45) is 47.3 Å². The number of methoxy groups -OCH3 is 1. The summed E-state index contributed by atoms with van der Waals surface area (Å²) in [4.78, 5) is 49.0. The molecule has 8 aromatic rings. The summed E-state index contributed by atoms with van der Waals surface area (Å²) in [6.45, 7) is 38.8. The van der Waals surface area contributed by atoms with Gasteiger partial charge in [-0.2, -0.15) is 13.2 Å². The molecular formula is C83H99Cl3F5NO5. The average molecular weight is 1390 g/mol. The molecule has 8 rings (SSSR count). The topological polar surface area (TPSA) is 81.9 Å². The quantitative estimate of drug-likeness (QED) is 0.0515. The van der Waals surface area contributed by atoms with Gasteiger partial charge in [0.15, 0.2) is 28.8 Å². The fourth-order valence-electron chi connectivity index (χ4n) is 8.85. The van der Waals surface area contributed by atoms with E-state index in [2.05, 4.69) is 58.5 Å². The van der Waals surface area contributed by atoms with Gasteiger partial charge in [-0.25, -0.2) is 13.6 Å². The molecule has 0 radical (unpaired) electrons. The lowest BCUT2D eigenvalue weighted by molar-refractivity contribution is -0.137. The summed E-state index contributed by atoms with van der Waals surface area (Å²) in [5.41, 5.74) is 6.85. The van der Waals surface area contributed by atoms with Gasteiger partial charge in [-0.05, 0) is 163 Å². The number of hydrogen-bond donors (Lipinski definition) is 0. The van der Waals surface area contributed by atoms with Gasteiger partial charge in [0.05, 0.1) is 24.3 Å². The highest BCUT2D eigenvalue weighted by Crippen LogP contribution is 2.30. The Bertz CT molecular complexity index is 3650. The molecule has 0 fully saturated rings. The first-order valence-corrected chi connectivity index (χ1v) is 33.8. The molecule has 0 N–H and O–H groups in total. The Morgan fingerprint density at radius 3 is 1.29 bits per heavy atom. The molecule has 0 aliphatic carbocycles. The van der Waals surface area contributed by atoms with Crippen LogP contribution < -0.4 is 4.74 Å². The van der Waals surface area contributed by atoms with Gasteiger partial charge >= 0.3 is 6.18 Å². The van der Waals surface area contributed by atoms with Gasteiger partial charge < -0.3 is 4.74 Å². The third-order valence-electron chi connectivity index (χ3n) is 13.5. The number of rotatable bonds is 17. The lowest BCUT2D eigenvalue weighted by atomic mass is 10.0. The van der Waals surface area contributed by atoms with E-state index in [1.165, 1.54) is 35.9 Å². The molecule has 6 nitrogen and oxygen atoms in total. The molecule has 14 heteroatoms. The smallest absolute Gasteiger partial charge is 0.416 e. The zero-order valence-corrected chi connectivity index (χ0v) is 61.7. The number of halogens is 8. The van der Waals surface area contributed by atoms with Gasteiger partial charge in [0, 0.05) is 56.0 Å². The predicted octanol–water partition coefficient (Wildman–Crippen LogP) is 25.5. The Hall–Kier alpha value is -7.75. The highest BCUT2D eigenvalue weighted by atomic mass is 35.5. The van der Waals surface area contributed by atoms with Gasteiger partial charge in [0.1, 0.15) is 17.4 Å². The molecule has 0 aliphatic rings. The molecule has 0 amide bonds. The van der Waals surface area contributed by atoms with Gasteiger partial charge in [-0.15, -0.1) is 0 Å². The molecule has 0 bridgehead atoms. The number of ether oxygens (including phenoxy) is 1. The largest absolute Gasteiger partial charge is 0.497 e. The summed E-state index contributed by atoms with van der Waals surface area (Å²) in [5.74, 6) is 3.46. The van der Waals surface area contributed by atoms with Crippen LogP contribution in [0.15, 0.2) is 194 Å². The van der Waals surface area contributed by atoms with Crippen LogP contribution in [-0.2, 0) is 31.9 Å². The van der Waals surface area contributed by atoms with Crippen LogP contribution in [-0.4, -0.2) is 30.2 Å². The number of alkyl halides is 3. The van der Waals surface area contributed by atoms with Crippen LogP contribution in [0.5, 0.6) is 5.75 Å². The standard InChI is InChI=1S/C11H13F3.C11H12FN.C11H16O.3C10H11ClO.C10H13F.C10H12O/c1-8(2)6-9-4-3-5-10(7-9)11(12,13)14;1-8(2)6-9-7-10(12)4-5-11(9)13-3;1-9(2)7-10-5-4-6-11(8-10)12-3;1-7(2)10(12)8-3-5-9(11)6-4-8;1-7(2)10(12)8-4-3-5-9(11)6-8;1-7(2)10(12)8-5-3-4-6-9(8)11;1-8(2)6-9-4-3-5-10(11)7-9;1-8(2)10(11)9-6-4-3-5-7-9/h3-5,7-8H,6H2,1-2H3;4-5,7-8H,6H2,1-2H3;4-6,8-9H,7H2,1-3H3;3*3-7H,1-2H3;3-5,7-8H,6H2,1-2H3;3-8H,1-2H3. The Labute approximate surface area is 591 Å². The van der Waals surface area contributed by atoms with E-state index in [0.29, 0.717) is 62.0 Å². The molecule has 0 atom stereocenters. The van der Waals surface area contributed by atoms with Crippen LogP contribution in [0, 0.1) is 65.5 Å². The molecule has 0 aliphatic heterocycles. The van der Waals surface area contributed by atoms with Crippen LogP contribution in [0.3, 0.4) is 0 Å². The van der Waals surface area contributed by atoms with Crippen molar-refractivity contribution in [1.29, 1.82) is 0 Å². The van der Waals surface area contributed by atoms with Gasteiger partial charge in [-0.3, -0.25) is 19.2 Å². The van der Waals surface area contributed by atoms with Gasteiger partial charge in [0.2, 0.25) is 0 Å². The Balaban J connectivity index is 0.000000555. The summed E-state index contributed by atoms with van der Waals surface area (Å²) >= 11 is 17.3. The first-order valence-electron chi connectivity index (χ1n) is 32.7. The first kappa shape index (κ1) is 87.3. The maximum Gasteiger partial charge on any atom is 0.416 e. The number of nitrogens with zero attached hydrogens (tertiary/aromatic N) is 1. The van der Waals surface area contributed by atoms with Crippen molar-refractivity contribution in [3.8, 4) is 5.75 Å². The minimum absolute atomic E-state index is 0.00454. The summed E-state index contributed by atoms with van der Waals surface area (Å²) in [7, 11) is 1.70. The summed E-state index contributed by atoms with van der Waals surface area (Å²) in [6, 6.07) is 55.4. The van der Waals surface area contributed by atoms with Crippen molar-refractivity contribution in [2.75, 3.05) is 7.11 Å². The molecule has 0 saturated carbocycles. The highest BCUT2D eigenvalue weighted by Gasteiger charge is 2.30. The average Bonchev–Trinajstić information content (AvgIpc) is 1.12. The summed E-state index contributed by atoms with van der Waals surface area (Å²) in [5, 5.41) is 1.81. The van der Waals surface area contributed by atoms with Crippen molar-refractivity contribution >= 4 is 63.6 Å². The van der Waals surface area contributed by atoms with Crippen LogP contribution in [0.2, 0.25) is 15.1 Å². The Morgan fingerprint density at radius 2 is 0.835 bits per heavy atom. The van der Waals surface area contributed by atoms with Crippen LogP contribution in [0.4, 0.5) is 27.6 Å². The van der Waals surface area contributed by atoms with E-state index in [4.69, 9.17) is 46.1 Å². The number of carbonyl (C=O) groups excluding carboxylic acids is 4. The molecule has 0 aromatic heterocycles. The third kappa shape index (κ3) is 37.5. The van der Waals surface area contributed by atoms with E-state index in [0.717, 1.165) is 58.9 Å². The maximum atomic E-state index is 12.8. The van der Waals surface area contributed by atoms with Crippen molar-refractivity contribution in [2.45, 2.75) is 143 Å². The normalized spacial score (nSPS) is 10.6. The molecule has 0 spiro atoms. The number of ketones is 4. The lowest BCUT2D eigenvalue weighted by Crippen LogP contribution is -2.07. The Morgan fingerprint density at radius 1 is 0.412 bits per heavy atom. The van der Waals surface area contributed by atoms with Crippen LogP contribution in [0.25, 0.3) is 4.85 Å². The number of hydrogen-bond acceptors (Lipinski definition) is 5. The second-order valence-electron chi connectivity index (χ2n) is 25.9. The summed E-state index contributed by atoms with van der Waals surface area (Å²) < 4.78 is 67.5. The lowest BCUT2D eigenvalue weighted by Gasteiger charge is -2.09. The van der Waals surface area contributed by atoms with Crippen molar-refractivity contribution in [1.82, 2.24) is 0 Å². The van der Waals surface area contributed by atoms with E-state index in [1.54, 1.807) is 92.0 Å². The maximum absolute atomic E-state index is 12.8. The molecule has 0 saturated heterocycles. The first-order chi connectivity index (χ1) is 45.5. The molecule has 0 unspecified atom stereocenters. The van der Waals surface area contributed by atoms with E-state index < -0.39 is 11.7 Å². The minimum atomic E-state index is -4.23. The highest BCUT2D eigenvalue weighted by molar-refractivity contribution is 6.34. The van der Waals surface area contributed by atoms with E-state index in [9.17, 15) is 41.1 Å². The third-order valence-corrected chi connectivity index (χ3v) is 14.3. The van der Waals surface area contributed by atoms with E-state index in [1.807, 2.05) is 130 Å². The monoisotopic (exact) mass is 1390 g/mol. The minimum Gasteiger partial charge on any atom is -0.497 e. The van der Waals surface area contributed by atoms with Crippen LogP contribution >= 0.6 is 34.8 Å². The number of benzene rings is 8. The van der Waals surface area contributed by atoms with Crippen molar-refractivity contribution < 1.29 is 45.9 Å². The van der Waals surface area contributed by atoms with Crippen molar-refractivity contribution in [3.05, 3.63) is 282 Å². The molecule has 522 valence electrons.